The summed E-state index contributed by atoms with van der Waals surface area (Å²) in [5.41, 5.74) is -0.00430. The molecule has 0 aromatic heterocycles. The maximum Gasteiger partial charge on any atom is 0.345 e. The Morgan fingerprint density at radius 3 is 2.44 bits per heavy atom. The summed E-state index contributed by atoms with van der Waals surface area (Å²) in [6.07, 6.45) is 5.52. The third kappa shape index (κ3) is 7.63. The van der Waals surface area contributed by atoms with Gasteiger partial charge in [0, 0.05) is 31.3 Å². The van der Waals surface area contributed by atoms with Crippen LogP contribution in [0.15, 0.2) is 0 Å². The van der Waals surface area contributed by atoms with Crippen LogP contribution in [-0.2, 0) is 23.8 Å². The molecule has 186 valence electrons. The molecule has 1 N–H and O–H groups in total. The first-order valence-electron chi connectivity index (χ1n) is 12.0. The van der Waals surface area contributed by atoms with E-state index < -0.39 is 18.8 Å². The van der Waals surface area contributed by atoms with Crippen LogP contribution in [0.5, 0.6) is 0 Å². The van der Waals surface area contributed by atoms with Gasteiger partial charge < -0.3 is 24.4 Å². The van der Waals surface area contributed by atoms with Crippen molar-refractivity contribution < 1.29 is 32.6 Å². The van der Waals surface area contributed by atoms with Gasteiger partial charge >= 0.3 is 6.61 Å². The Labute approximate surface area is 190 Å². The average Bonchev–Trinajstić information content (AvgIpc) is 2.82. The maximum absolute atomic E-state index is 13.2. The van der Waals surface area contributed by atoms with Crippen LogP contribution in [0.1, 0.15) is 66.2 Å². The fraction of sp³-hybridized carbons (Fsp3) is 0.913. The Morgan fingerprint density at radius 2 is 1.88 bits per heavy atom. The molecule has 3 unspecified atom stereocenters. The number of hydrogen-bond acceptors (Lipinski definition) is 5. The standard InChI is InChI=1S/C21H34F2N2O5.C2H6/c1-14(29-12-21-7-5-17(6-8-21)30-13-21)18(24-15(2)26)19(27)25-9-3-4-16(10-25)11-28-20(22)23;1-2/h14,16-18,20H,3-13H2,1-2H3,(H,24,26);1-2H3. The van der Waals surface area contributed by atoms with E-state index in [-0.39, 0.29) is 29.8 Å². The van der Waals surface area contributed by atoms with E-state index in [1.807, 2.05) is 13.8 Å². The van der Waals surface area contributed by atoms with Crippen LogP contribution in [0.3, 0.4) is 0 Å². The minimum Gasteiger partial charge on any atom is -0.378 e. The van der Waals surface area contributed by atoms with Gasteiger partial charge in [-0.1, -0.05) is 13.8 Å². The Morgan fingerprint density at radius 1 is 1.19 bits per heavy atom. The molecule has 2 bridgehead atoms. The lowest BCUT2D eigenvalue weighted by Gasteiger charge is -2.46. The average molecular weight is 463 g/mol. The lowest BCUT2D eigenvalue weighted by Crippen LogP contribution is -2.56. The van der Waals surface area contributed by atoms with Gasteiger partial charge in [-0.3, -0.25) is 9.59 Å². The lowest BCUT2D eigenvalue weighted by atomic mass is 9.72. The van der Waals surface area contributed by atoms with E-state index in [2.05, 4.69) is 10.1 Å². The van der Waals surface area contributed by atoms with Gasteiger partial charge in [0.1, 0.15) is 6.04 Å². The van der Waals surface area contributed by atoms with Crippen molar-refractivity contribution in [3.8, 4) is 0 Å². The topological polar surface area (TPSA) is 77.1 Å². The van der Waals surface area contributed by atoms with Crippen molar-refractivity contribution in [3.05, 3.63) is 0 Å². The SMILES string of the molecule is CC.CC(=O)NC(C(=O)N1CCCC(COC(F)F)C1)C(C)OCC12CCC(CC1)OC2. The molecule has 4 fully saturated rings. The highest BCUT2D eigenvalue weighted by Gasteiger charge is 2.43. The Bertz CT molecular complexity index is 585. The van der Waals surface area contributed by atoms with Crippen LogP contribution in [0.25, 0.3) is 0 Å². The fourth-order valence-electron chi connectivity index (χ4n) is 4.81. The van der Waals surface area contributed by atoms with Crippen LogP contribution in [0.2, 0.25) is 0 Å². The van der Waals surface area contributed by atoms with Crippen molar-refractivity contribution in [2.45, 2.75) is 91.1 Å². The second kappa shape index (κ2) is 12.8. The number of nitrogens with zero attached hydrogens (tertiary/aromatic N) is 1. The van der Waals surface area contributed by atoms with Gasteiger partial charge in [-0.15, -0.1) is 0 Å². The number of amides is 2. The molecule has 0 spiro atoms. The molecule has 32 heavy (non-hydrogen) atoms. The van der Waals surface area contributed by atoms with Gasteiger partial charge in [0.05, 0.1) is 32.0 Å². The van der Waals surface area contributed by atoms with Crippen molar-refractivity contribution in [1.29, 1.82) is 0 Å². The van der Waals surface area contributed by atoms with E-state index in [0.29, 0.717) is 38.8 Å². The molecule has 3 atom stereocenters. The number of piperidine rings is 1. The van der Waals surface area contributed by atoms with Crippen LogP contribution in [0.4, 0.5) is 8.78 Å². The molecular weight excluding hydrogens is 422 g/mol. The minimum atomic E-state index is -2.81. The van der Waals surface area contributed by atoms with Crippen molar-refractivity contribution in [2.24, 2.45) is 11.3 Å². The summed E-state index contributed by atoms with van der Waals surface area (Å²) in [4.78, 5) is 26.6. The second-order valence-corrected chi connectivity index (χ2v) is 9.09. The molecule has 3 aliphatic heterocycles. The molecule has 9 heteroatoms. The first-order chi connectivity index (χ1) is 15.3. The smallest absolute Gasteiger partial charge is 0.345 e. The van der Waals surface area contributed by atoms with Crippen LogP contribution in [-0.4, -0.2) is 74.5 Å². The largest absolute Gasteiger partial charge is 0.378 e. The molecule has 0 aromatic carbocycles. The summed E-state index contributed by atoms with van der Waals surface area (Å²) in [7, 11) is 0. The monoisotopic (exact) mass is 462 g/mol. The number of fused-ring (bicyclic) bond motifs is 3. The molecular formula is C23H40F2N2O5. The van der Waals surface area contributed by atoms with E-state index in [4.69, 9.17) is 9.47 Å². The lowest BCUT2D eigenvalue weighted by molar-refractivity contribution is -0.159. The number of carbonyl (C=O) groups excluding carboxylic acids is 2. The van der Waals surface area contributed by atoms with Gasteiger partial charge in [0.2, 0.25) is 11.8 Å². The van der Waals surface area contributed by atoms with Gasteiger partial charge in [-0.2, -0.15) is 8.78 Å². The van der Waals surface area contributed by atoms with Crippen molar-refractivity contribution in [2.75, 3.05) is 32.9 Å². The number of halogens is 2. The Hall–Kier alpha value is -1.32. The maximum atomic E-state index is 13.2. The van der Waals surface area contributed by atoms with E-state index >= 15 is 0 Å². The number of likely N-dealkylation sites (tertiary alicyclic amines) is 1. The number of ether oxygens (including phenoxy) is 3. The normalized spacial score (nSPS) is 29.2. The molecule has 3 heterocycles. The van der Waals surface area contributed by atoms with Gasteiger partial charge in [-0.05, 0) is 45.4 Å². The molecule has 2 amide bonds. The highest BCUT2D eigenvalue weighted by atomic mass is 19.3. The zero-order chi connectivity index (χ0) is 23.7. The Kier molecular flexibility index (Phi) is 10.8. The van der Waals surface area contributed by atoms with E-state index in [9.17, 15) is 18.4 Å². The number of alkyl halides is 2. The number of hydrogen-bond donors (Lipinski definition) is 1. The van der Waals surface area contributed by atoms with E-state index in [0.717, 1.165) is 32.1 Å². The summed E-state index contributed by atoms with van der Waals surface area (Å²) in [5, 5.41) is 2.73. The summed E-state index contributed by atoms with van der Waals surface area (Å²) in [6.45, 7) is 6.33. The Balaban J connectivity index is 0.00000176. The van der Waals surface area contributed by atoms with Crippen molar-refractivity contribution in [3.63, 3.8) is 0 Å². The molecule has 0 aromatic rings. The van der Waals surface area contributed by atoms with E-state index in [1.165, 1.54) is 6.92 Å². The predicted molar refractivity (Wildman–Crippen MR) is 116 cm³/mol. The quantitative estimate of drug-likeness (QED) is 0.569. The number of rotatable bonds is 9. The van der Waals surface area contributed by atoms with Crippen LogP contribution < -0.4 is 5.32 Å². The summed E-state index contributed by atoms with van der Waals surface area (Å²) >= 11 is 0. The van der Waals surface area contributed by atoms with Crippen molar-refractivity contribution >= 4 is 11.8 Å². The summed E-state index contributed by atoms with van der Waals surface area (Å²) < 4.78 is 41.1. The van der Waals surface area contributed by atoms with Crippen LogP contribution >= 0.6 is 0 Å². The fourth-order valence-corrected chi connectivity index (χ4v) is 4.81. The van der Waals surface area contributed by atoms with Crippen LogP contribution in [0, 0.1) is 11.3 Å². The second-order valence-electron chi connectivity index (χ2n) is 9.09. The molecule has 1 aliphatic carbocycles. The first kappa shape index (κ1) is 26.9. The number of carbonyl (C=O) groups is 2. The third-order valence-corrected chi connectivity index (χ3v) is 6.65. The van der Waals surface area contributed by atoms with E-state index in [1.54, 1.807) is 11.8 Å². The predicted octanol–water partition coefficient (Wildman–Crippen LogP) is 3.36. The number of nitrogens with one attached hydrogen (secondary N) is 1. The molecule has 1 saturated carbocycles. The van der Waals surface area contributed by atoms with Gasteiger partial charge in [0.25, 0.3) is 0 Å². The minimum absolute atomic E-state index is 0.00430. The first-order valence-corrected chi connectivity index (χ1v) is 12.0. The highest BCUT2D eigenvalue weighted by Crippen LogP contribution is 2.43. The highest BCUT2D eigenvalue weighted by molar-refractivity contribution is 5.87. The molecule has 4 rings (SSSR count). The van der Waals surface area contributed by atoms with Gasteiger partial charge in [0.15, 0.2) is 0 Å². The van der Waals surface area contributed by atoms with Gasteiger partial charge in [-0.25, -0.2) is 0 Å². The van der Waals surface area contributed by atoms with Crippen molar-refractivity contribution in [1.82, 2.24) is 10.2 Å². The molecule has 4 aliphatic rings. The molecule has 0 radical (unpaired) electrons. The molecule has 7 nitrogen and oxygen atoms in total. The third-order valence-electron chi connectivity index (χ3n) is 6.65. The summed E-state index contributed by atoms with van der Waals surface area (Å²) in [6, 6.07) is -0.811. The summed E-state index contributed by atoms with van der Waals surface area (Å²) in [5.74, 6) is -0.682. The zero-order valence-electron chi connectivity index (χ0n) is 19.9. The molecule has 3 saturated heterocycles. The zero-order valence-corrected chi connectivity index (χ0v) is 19.9.